The van der Waals surface area contributed by atoms with Crippen LogP contribution >= 0.6 is 0 Å². The number of aliphatic hydroxyl groups is 1. The molecule has 1 aromatic carbocycles. The zero-order valence-electron chi connectivity index (χ0n) is 20.7. The molecule has 0 bridgehead atoms. The lowest BCUT2D eigenvalue weighted by molar-refractivity contribution is -0.141. The largest absolute Gasteiger partial charge is 0.480 e. The van der Waals surface area contributed by atoms with E-state index < -0.39 is 23.8 Å². The first-order chi connectivity index (χ1) is 18.7. The number of methoxy groups -OCH3 is 1. The number of H-pyrrole nitrogens is 1. The molecule has 1 aliphatic rings. The fourth-order valence-electron chi connectivity index (χ4n) is 4.58. The van der Waals surface area contributed by atoms with Crippen LogP contribution in [0.25, 0.3) is 28.1 Å². The van der Waals surface area contributed by atoms with Gasteiger partial charge in [-0.2, -0.15) is 18.3 Å². The van der Waals surface area contributed by atoms with E-state index in [1.165, 1.54) is 32.5 Å². The van der Waals surface area contributed by atoms with E-state index >= 15 is 4.39 Å². The van der Waals surface area contributed by atoms with Crippen LogP contribution in [0.3, 0.4) is 0 Å². The van der Waals surface area contributed by atoms with Crippen LogP contribution in [0.5, 0.6) is 5.88 Å². The van der Waals surface area contributed by atoms with Crippen LogP contribution in [-0.4, -0.2) is 46.9 Å². The highest BCUT2D eigenvalue weighted by molar-refractivity contribution is 5.82. The van der Waals surface area contributed by atoms with E-state index in [9.17, 15) is 18.3 Å². The second kappa shape index (κ2) is 9.12. The molecule has 2 N–H and O–H groups in total. The monoisotopic (exact) mass is 539 g/mol. The van der Waals surface area contributed by atoms with Crippen molar-refractivity contribution in [3.63, 3.8) is 0 Å². The van der Waals surface area contributed by atoms with Gasteiger partial charge in [0.05, 0.1) is 30.0 Å². The quantitative estimate of drug-likeness (QED) is 0.291. The van der Waals surface area contributed by atoms with Crippen LogP contribution in [0.2, 0.25) is 0 Å². The number of aliphatic hydroxyl groups excluding tert-OH is 1. The number of halogens is 4. The van der Waals surface area contributed by atoms with Gasteiger partial charge in [-0.15, -0.1) is 0 Å². The van der Waals surface area contributed by atoms with Crippen molar-refractivity contribution in [2.24, 2.45) is 0 Å². The molecule has 1 atom stereocenters. The summed E-state index contributed by atoms with van der Waals surface area (Å²) in [7, 11) is 1.50. The predicted octanol–water partition coefficient (Wildman–Crippen LogP) is 5.03. The normalized spacial score (nSPS) is 14.6. The molecule has 1 aliphatic carbocycles. The van der Waals surface area contributed by atoms with E-state index in [2.05, 4.69) is 30.0 Å². The second-order valence-corrected chi connectivity index (χ2v) is 9.31. The number of aromatic amines is 1. The van der Waals surface area contributed by atoms with Crippen molar-refractivity contribution >= 4 is 11.0 Å². The third kappa shape index (κ3) is 4.38. The van der Waals surface area contributed by atoms with Crippen molar-refractivity contribution in [1.29, 1.82) is 0 Å². The number of hydrogen-bond acceptors (Lipinski definition) is 7. The summed E-state index contributed by atoms with van der Waals surface area (Å²) in [5, 5.41) is 14.7. The second-order valence-electron chi connectivity index (χ2n) is 9.31. The predicted molar refractivity (Wildman–Crippen MR) is 131 cm³/mol. The Hall–Kier alpha value is -4.39. The first-order valence-electron chi connectivity index (χ1n) is 12.0. The van der Waals surface area contributed by atoms with Crippen molar-refractivity contribution in [2.75, 3.05) is 7.11 Å². The number of aromatic nitrogens is 7. The number of fused-ring (bicyclic) bond motifs is 1. The van der Waals surface area contributed by atoms with Crippen molar-refractivity contribution < 1.29 is 27.4 Å². The Kier molecular flexibility index (Phi) is 5.83. The average molecular weight is 539 g/mol. The van der Waals surface area contributed by atoms with Crippen LogP contribution in [-0.2, 0) is 6.18 Å². The van der Waals surface area contributed by atoms with E-state index in [1.54, 1.807) is 12.4 Å². The highest BCUT2D eigenvalue weighted by Gasteiger charge is 2.35. The molecule has 1 unspecified atom stereocenters. The third-order valence-corrected chi connectivity index (χ3v) is 6.66. The molecular formula is C26H21F4N7O2. The van der Waals surface area contributed by atoms with Gasteiger partial charge in [0.1, 0.15) is 29.5 Å². The minimum absolute atomic E-state index is 0.112. The molecule has 6 rings (SSSR count). The van der Waals surface area contributed by atoms with Gasteiger partial charge in [0, 0.05) is 23.4 Å². The van der Waals surface area contributed by atoms with E-state index in [0.717, 1.165) is 35.4 Å². The summed E-state index contributed by atoms with van der Waals surface area (Å²) in [6.07, 6.45) is 0.570. The lowest BCUT2D eigenvalue weighted by Crippen LogP contribution is -2.09. The Labute approximate surface area is 218 Å². The van der Waals surface area contributed by atoms with E-state index in [-0.39, 0.29) is 22.9 Å². The molecule has 5 aromatic rings. The summed E-state index contributed by atoms with van der Waals surface area (Å²) >= 11 is 0. The lowest BCUT2D eigenvalue weighted by Gasteiger charge is -2.13. The fraction of sp³-hybridized carbons (Fsp3) is 0.269. The molecule has 0 aliphatic heterocycles. The molecule has 13 heteroatoms. The Morgan fingerprint density at radius 1 is 1.15 bits per heavy atom. The number of benzene rings is 1. The Morgan fingerprint density at radius 2 is 1.95 bits per heavy atom. The van der Waals surface area contributed by atoms with Gasteiger partial charge in [-0.3, -0.25) is 0 Å². The average Bonchev–Trinajstić information content (AvgIpc) is 3.56. The first-order valence-corrected chi connectivity index (χ1v) is 12.0. The molecule has 1 fully saturated rings. The smallest absolute Gasteiger partial charge is 0.435 e. The first kappa shape index (κ1) is 24.9. The van der Waals surface area contributed by atoms with Crippen LogP contribution in [0.15, 0.2) is 43.0 Å². The maximum Gasteiger partial charge on any atom is 0.435 e. The summed E-state index contributed by atoms with van der Waals surface area (Å²) in [6.45, 7) is 1.40. The summed E-state index contributed by atoms with van der Waals surface area (Å²) in [6, 6.07) is 4.61. The Bertz CT molecular complexity index is 1710. The van der Waals surface area contributed by atoms with Gasteiger partial charge in [-0.05, 0) is 43.5 Å². The number of aryl methyl sites for hydroxylation is 1. The highest BCUT2D eigenvalue weighted by atomic mass is 19.4. The maximum atomic E-state index is 15.1. The van der Waals surface area contributed by atoms with E-state index in [1.807, 2.05) is 0 Å². The molecule has 4 heterocycles. The Morgan fingerprint density at radius 3 is 2.62 bits per heavy atom. The summed E-state index contributed by atoms with van der Waals surface area (Å²) in [4.78, 5) is 20.8. The number of nitrogens with zero attached hydrogens (tertiary/aromatic N) is 6. The topological polar surface area (TPSA) is 115 Å². The molecule has 0 amide bonds. The number of ether oxygens (including phenoxy) is 1. The minimum atomic E-state index is -4.66. The molecule has 1 saturated carbocycles. The highest BCUT2D eigenvalue weighted by Crippen LogP contribution is 2.45. The molecule has 0 saturated heterocycles. The van der Waals surface area contributed by atoms with Crippen molar-refractivity contribution in [3.8, 4) is 23.0 Å². The summed E-state index contributed by atoms with van der Waals surface area (Å²) < 4.78 is 60.6. The van der Waals surface area contributed by atoms with Gasteiger partial charge in [-0.25, -0.2) is 29.0 Å². The molecule has 0 radical (unpaired) electrons. The van der Waals surface area contributed by atoms with Gasteiger partial charge >= 0.3 is 6.18 Å². The van der Waals surface area contributed by atoms with Crippen molar-refractivity contribution in [3.05, 3.63) is 77.0 Å². The molecule has 4 aromatic heterocycles. The number of nitrogens with one attached hydrogen (secondary N) is 1. The molecular weight excluding hydrogens is 518 g/mol. The van der Waals surface area contributed by atoms with Gasteiger partial charge < -0.3 is 14.8 Å². The standard InChI is InChI=1S/C26H21F4N7O2/c1-12-7-19(26(28,29)30)36-37(12)18-6-5-14(8-16(18)27)23(38)15-9-31-17-10-32-24(35-22(15)17)20-21(13-3-4-13)33-11-34-25(20)39-2/h5-11,13,23,31,38H,3-4H2,1-2H3. The van der Waals surface area contributed by atoms with Gasteiger partial charge in [0.15, 0.2) is 11.5 Å². The number of rotatable bonds is 6. The minimum Gasteiger partial charge on any atom is -0.480 e. The number of alkyl halides is 3. The van der Waals surface area contributed by atoms with E-state index in [4.69, 9.17) is 4.74 Å². The van der Waals surface area contributed by atoms with E-state index in [0.29, 0.717) is 33.9 Å². The summed E-state index contributed by atoms with van der Waals surface area (Å²) in [5.74, 6) is 0.0803. The molecule has 200 valence electrons. The van der Waals surface area contributed by atoms with Crippen LogP contribution in [0, 0.1) is 12.7 Å². The van der Waals surface area contributed by atoms with Gasteiger partial charge in [-0.1, -0.05) is 6.07 Å². The molecule has 9 nitrogen and oxygen atoms in total. The fourth-order valence-corrected chi connectivity index (χ4v) is 4.58. The third-order valence-electron chi connectivity index (χ3n) is 6.66. The van der Waals surface area contributed by atoms with Crippen molar-refractivity contribution in [2.45, 2.75) is 38.0 Å². The zero-order valence-corrected chi connectivity index (χ0v) is 20.7. The number of hydrogen-bond donors (Lipinski definition) is 2. The SMILES string of the molecule is COc1ncnc(C2CC2)c1-c1ncc2[nH]cc(C(O)c3ccc(-n4nc(C(F)(F)F)cc4C)c(F)c3)c2n1. The maximum absolute atomic E-state index is 15.1. The van der Waals surface area contributed by atoms with Crippen molar-refractivity contribution in [1.82, 2.24) is 34.7 Å². The van der Waals surface area contributed by atoms with Crippen LogP contribution in [0.1, 0.15) is 53.1 Å². The summed E-state index contributed by atoms with van der Waals surface area (Å²) in [5.41, 5.74) is 1.67. The van der Waals surface area contributed by atoms with Gasteiger partial charge in [0.2, 0.25) is 5.88 Å². The molecule has 39 heavy (non-hydrogen) atoms. The van der Waals surface area contributed by atoms with Crippen LogP contribution < -0.4 is 4.74 Å². The van der Waals surface area contributed by atoms with Crippen LogP contribution in [0.4, 0.5) is 17.6 Å². The van der Waals surface area contributed by atoms with Gasteiger partial charge in [0.25, 0.3) is 0 Å². The lowest BCUT2D eigenvalue weighted by atomic mass is 10.0. The molecule has 0 spiro atoms. The zero-order chi connectivity index (χ0) is 27.5. The Balaban J connectivity index is 1.38.